The number of nitrogens with one attached hydrogen (secondary N) is 1. The molecule has 0 saturated heterocycles. The van der Waals surface area contributed by atoms with Crippen LogP contribution in [0.4, 0.5) is 0 Å². The summed E-state index contributed by atoms with van der Waals surface area (Å²) in [6, 6.07) is 31.6. The number of fused-ring (bicyclic) bond motifs is 12. The summed E-state index contributed by atoms with van der Waals surface area (Å²) in [5.74, 6) is 0.474. The average molecular weight is 436 g/mol. The van der Waals surface area contributed by atoms with Gasteiger partial charge in [-0.15, -0.1) is 0 Å². The summed E-state index contributed by atoms with van der Waals surface area (Å²) in [6.45, 7) is 4.77. The van der Waals surface area contributed by atoms with Gasteiger partial charge in [-0.2, -0.15) is 0 Å². The molecule has 1 nitrogen and oxygen atoms in total. The van der Waals surface area contributed by atoms with Crippen molar-refractivity contribution in [2.75, 3.05) is 0 Å². The van der Waals surface area contributed by atoms with Gasteiger partial charge in [0, 0.05) is 27.9 Å². The zero-order valence-corrected chi connectivity index (χ0v) is 19.4. The molecule has 0 bridgehead atoms. The number of H-pyrrole nitrogens is 1. The smallest absolute Gasteiger partial charge is 0.0468 e. The lowest BCUT2D eigenvalue weighted by Gasteiger charge is -2.27. The van der Waals surface area contributed by atoms with Crippen LogP contribution in [0.25, 0.3) is 49.3 Å². The molecule has 0 saturated carbocycles. The Balaban J connectivity index is 1.46. The molecule has 0 spiro atoms. The van der Waals surface area contributed by atoms with E-state index in [9.17, 15) is 0 Å². The molecule has 1 heterocycles. The first kappa shape index (κ1) is 18.6. The Kier molecular flexibility index (Phi) is 3.38. The number of allylic oxidation sites excluding steroid dienone is 1. The van der Waals surface area contributed by atoms with E-state index in [0.717, 1.165) is 6.42 Å². The molecule has 0 aliphatic heterocycles. The third-order valence-corrected chi connectivity index (χ3v) is 8.62. The second kappa shape index (κ2) is 6.18. The highest BCUT2D eigenvalue weighted by Crippen LogP contribution is 2.54. The van der Waals surface area contributed by atoms with Gasteiger partial charge in [-0.25, -0.2) is 0 Å². The largest absolute Gasteiger partial charge is 0.355 e. The van der Waals surface area contributed by atoms with Crippen LogP contribution in [0, 0.1) is 0 Å². The highest BCUT2D eigenvalue weighted by atomic mass is 14.7. The van der Waals surface area contributed by atoms with Crippen LogP contribution in [0.1, 0.15) is 42.1 Å². The van der Waals surface area contributed by atoms with Gasteiger partial charge in [0.25, 0.3) is 0 Å². The third-order valence-electron chi connectivity index (χ3n) is 8.62. The highest BCUT2D eigenvalue weighted by molar-refractivity contribution is 6.27. The van der Waals surface area contributed by atoms with Crippen molar-refractivity contribution in [2.45, 2.75) is 31.6 Å². The number of hydrogen-bond donors (Lipinski definition) is 1. The van der Waals surface area contributed by atoms with Gasteiger partial charge in [-0.3, -0.25) is 0 Å². The predicted molar refractivity (Wildman–Crippen MR) is 145 cm³/mol. The van der Waals surface area contributed by atoms with Crippen molar-refractivity contribution in [3.8, 4) is 0 Å². The number of aromatic amines is 1. The van der Waals surface area contributed by atoms with Gasteiger partial charge in [-0.1, -0.05) is 92.2 Å². The third kappa shape index (κ3) is 2.20. The first-order valence-electron chi connectivity index (χ1n) is 12.3. The summed E-state index contributed by atoms with van der Waals surface area (Å²) >= 11 is 0. The Hall–Kier alpha value is -3.84. The molecular weight excluding hydrogens is 410 g/mol. The minimum absolute atomic E-state index is 0.0767. The Morgan fingerprint density at radius 3 is 1.97 bits per heavy atom. The molecular formula is C33H25N. The van der Waals surface area contributed by atoms with Gasteiger partial charge in [0.1, 0.15) is 0 Å². The summed E-state index contributed by atoms with van der Waals surface area (Å²) < 4.78 is 0. The number of rotatable bonds is 0. The molecule has 1 atom stereocenters. The lowest BCUT2D eigenvalue weighted by molar-refractivity contribution is 0.614. The molecule has 0 amide bonds. The van der Waals surface area contributed by atoms with Gasteiger partial charge in [0.2, 0.25) is 0 Å². The number of hydrogen-bond acceptors (Lipinski definition) is 0. The second-order valence-electron chi connectivity index (χ2n) is 10.6. The normalized spacial score (nSPS) is 18.3. The predicted octanol–water partition coefficient (Wildman–Crippen LogP) is 8.64. The zero-order valence-electron chi connectivity index (χ0n) is 19.4. The number of benzene rings is 5. The summed E-state index contributed by atoms with van der Waals surface area (Å²) in [5.41, 5.74) is 8.64. The molecule has 2 aliphatic carbocycles. The molecule has 34 heavy (non-hydrogen) atoms. The maximum absolute atomic E-state index is 3.82. The molecule has 1 heteroatoms. The summed E-state index contributed by atoms with van der Waals surface area (Å²) in [7, 11) is 0. The lowest BCUT2D eigenvalue weighted by Crippen LogP contribution is -2.19. The molecule has 1 N–H and O–H groups in total. The highest BCUT2D eigenvalue weighted by Gasteiger charge is 2.43. The molecule has 8 rings (SSSR count). The van der Waals surface area contributed by atoms with Gasteiger partial charge in [0.15, 0.2) is 0 Å². The van der Waals surface area contributed by atoms with Crippen LogP contribution in [0.2, 0.25) is 0 Å². The fraction of sp³-hybridized carbons (Fsp3) is 0.152. The molecule has 1 unspecified atom stereocenters. The molecule has 162 valence electrons. The van der Waals surface area contributed by atoms with E-state index in [0.29, 0.717) is 5.92 Å². The van der Waals surface area contributed by atoms with Crippen molar-refractivity contribution in [1.82, 2.24) is 4.98 Å². The van der Waals surface area contributed by atoms with Gasteiger partial charge in [-0.05, 0) is 73.6 Å². The molecule has 0 fully saturated rings. The van der Waals surface area contributed by atoms with E-state index in [1.165, 1.54) is 65.6 Å². The lowest BCUT2D eigenvalue weighted by atomic mass is 9.76. The zero-order chi connectivity index (χ0) is 22.6. The maximum Gasteiger partial charge on any atom is 0.0468 e. The average Bonchev–Trinajstić information content (AvgIpc) is 3.34. The SMILES string of the molecule is CC1(C)C2=Cc3[nH]c4cc5c6ccccc6c6ccccc6c5cc4c3CC2c2ccccc21. The van der Waals surface area contributed by atoms with E-state index in [-0.39, 0.29) is 5.41 Å². The second-order valence-corrected chi connectivity index (χ2v) is 10.6. The molecule has 1 aromatic heterocycles. The van der Waals surface area contributed by atoms with Crippen LogP contribution in [0.15, 0.2) is 90.5 Å². The molecule has 6 aromatic rings. The number of aromatic nitrogens is 1. The van der Waals surface area contributed by atoms with Crippen molar-refractivity contribution in [1.29, 1.82) is 0 Å². The monoisotopic (exact) mass is 435 g/mol. The van der Waals surface area contributed by atoms with Crippen molar-refractivity contribution >= 4 is 49.3 Å². The Labute approximate surface area is 198 Å². The fourth-order valence-corrected chi connectivity index (χ4v) is 7.00. The van der Waals surface area contributed by atoms with Crippen molar-refractivity contribution in [2.24, 2.45) is 0 Å². The molecule has 2 aliphatic rings. The Morgan fingerprint density at radius 1 is 0.676 bits per heavy atom. The Morgan fingerprint density at radius 2 is 1.26 bits per heavy atom. The van der Waals surface area contributed by atoms with Crippen LogP contribution in [0.5, 0.6) is 0 Å². The quantitative estimate of drug-likeness (QED) is 0.230. The maximum atomic E-state index is 3.82. The topological polar surface area (TPSA) is 15.8 Å². The summed E-state index contributed by atoms with van der Waals surface area (Å²) in [6.07, 6.45) is 3.53. The van der Waals surface area contributed by atoms with E-state index in [1.807, 2.05) is 0 Å². The van der Waals surface area contributed by atoms with E-state index in [2.05, 4.69) is 110 Å². The summed E-state index contributed by atoms with van der Waals surface area (Å²) in [4.78, 5) is 3.82. The van der Waals surface area contributed by atoms with Gasteiger partial charge in [0.05, 0.1) is 0 Å². The first-order valence-corrected chi connectivity index (χ1v) is 12.3. The minimum atomic E-state index is 0.0767. The Bertz CT molecular complexity index is 1860. The van der Waals surface area contributed by atoms with Crippen LogP contribution < -0.4 is 0 Å². The van der Waals surface area contributed by atoms with Crippen LogP contribution >= 0.6 is 0 Å². The van der Waals surface area contributed by atoms with E-state index in [1.54, 1.807) is 5.57 Å². The first-order chi connectivity index (χ1) is 16.6. The standard InChI is InChI=1S/C33H25N/c1-33(2)29-14-8-7-13-23(29)26-16-28-27-15-24-21-11-5-3-9-19(21)20-10-4-6-12-22(20)25(24)17-31(27)34-32(28)18-30(26)33/h3-15,17-18,26,34H,16H2,1-2H3. The van der Waals surface area contributed by atoms with E-state index >= 15 is 0 Å². The van der Waals surface area contributed by atoms with Crippen molar-refractivity contribution in [3.05, 3.63) is 113 Å². The van der Waals surface area contributed by atoms with Gasteiger partial charge < -0.3 is 4.98 Å². The van der Waals surface area contributed by atoms with Gasteiger partial charge >= 0.3 is 0 Å². The van der Waals surface area contributed by atoms with E-state index < -0.39 is 0 Å². The van der Waals surface area contributed by atoms with E-state index in [4.69, 9.17) is 0 Å². The summed E-state index contributed by atoms with van der Waals surface area (Å²) in [5, 5.41) is 9.40. The minimum Gasteiger partial charge on any atom is -0.355 e. The van der Waals surface area contributed by atoms with Crippen LogP contribution in [0.3, 0.4) is 0 Å². The fourth-order valence-electron chi connectivity index (χ4n) is 7.00. The van der Waals surface area contributed by atoms with Crippen LogP contribution in [-0.4, -0.2) is 4.98 Å². The van der Waals surface area contributed by atoms with Crippen molar-refractivity contribution < 1.29 is 0 Å². The molecule has 5 aromatic carbocycles. The van der Waals surface area contributed by atoms with Crippen LogP contribution in [-0.2, 0) is 11.8 Å². The molecule has 0 radical (unpaired) electrons. The van der Waals surface area contributed by atoms with Crippen molar-refractivity contribution in [3.63, 3.8) is 0 Å².